The van der Waals surface area contributed by atoms with Gasteiger partial charge in [-0.15, -0.1) is 0 Å². The molecule has 2 N–H and O–H groups in total. The molecule has 4 heteroatoms. The van der Waals surface area contributed by atoms with Crippen LogP contribution < -0.4 is 5.32 Å². The van der Waals surface area contributed by atoms with Gasteiger partial charge in [0.15, 0.2) is 0 Å². The van der Waals surface area contributed by atoms with Crippen molar-refractivity contribution in [2.75, 3.05) is 0 Å². The first-order chi connectivity index (χ1) is 9.08. The molecule has 0 fully saturated rings. The van der Waals surface area contributed by atoms with Gasteiger partial charge in [-0.05, 0) is 36.2 Å². The van der Waals surface area contributed by atoms with Crippen LogP contribution in [0.2, 0.25) is 0 Å². The van der Waals surface area contributed by atoms with Crippen molar-refractivity contribution in [3.8, 4) is 5.75 Å². The standard InChI is InChI=1S/C15H14FNO2/c1-10-4-2-3-5-11(10)9-17-15(19)13-8-12(16)6-7-14(13)18/h2-8,18H,9H2,1H3,(H,17,19). The Morgan fingerprint density at radius 2 is 2.00 bits per heavy atom. The SMILES string of the molecule is Cc1ccccc1CNC(=O)c1cc(F)ccc1O. The highest BCUT2D eigenvalue weighted by Crippen LogP contribution is 2.17. The van der Waals surface area contributed by atoms with Crippen molar-refractivity contribution in [1.82, 2.24) is 5.32 Å². The van der Waals surface area contributed by atoms with Crippen molar-refractivity contribution in [1.29, 1.82) is 0 Å². The molecule has 0 aliphatic rings. The lowest BCUT2D eigenvalue weighted by Crippen LogP contribution is -2.23. The number of benzene rings is 2. The largest absolute Gasteiger partial charge is 0.507 e. The van der Waals surface area contributed by atoms with Gasteiger partial charge in [0.25, 0.3) is 5.91 Å². The van der Waals surface area contributed by atoms with E-state index in [0.717, 1.165) is 29.3 Å². The smallest absolute Gasteiger partial charge is 0.255 e. The van der Waals surface area contributed by atoms with Gasteiger partial charge in [-0.25, -0.2) is 4.39 Å². The molecular weight excluding hydrogens is 245 g/mol. The van der Waals surface area contributed by atoms with Crippen molar-refractivity contribution < 1.29 is 14.3 Å². The van der Waals surface area contributed by atoms with Crippen LogP contribution in [-0.4, -0.2) is 11.0 Å². The van der Waals surface area contributed by atoms with E-state index in [2.05, 4.69) is 5.32 Å². The summed E-state index contributed by atoms with van der Waals surface area (Å²) in [6, 6.07) is 10.9. The maximum atomic E-state index is 13.0. The van der Waals surface area contributed by atoms with E-state index in [-0.39, 0.29) is 11.3 Å². The predicted molar refractivity (Wildman–Crippen MR) is 70.4 cm³/mol. The molecule has 0 aliphatic heterocycles. The van der Waals surface area contributed by atoms with Crippen LogP contribution in [0.25, 0.3) is 0 Å². The van der Waals surface area contributed by atoms with Gasteiger partial charge < -0.3 is 10.4 Å². The number of phenols is 1. The second kappa shape index (κ2) is 5.52. The van der Waals surface area contributed by atoms with E-state index in [9.17, 15) is 14.3 Å². The minimum Gasteiger partial charge on any atom is -0.507 e. The van der Waals surface area contributed by atoms with E-state index in [1.54, 1.807) is 0 Å². The topological polar surface area (TPSA) is 49.3 Å². The molecule has 0 saturated heterocycles. The molecule has 0 saturated carbocycles. The van der Waals surface area contributed by atoms with Gasteiger partial charge >= 0.3 is 0 Å². The van der Waals surface area contributed by atoms with Gasteiger partial charge in [0, 0.05) is 6.54 Å². The van der Waals surface area contributed by atoms with Crippen LogP contribution in [0.3, 0.4) is 0 Å². The van der Waals surface area contributed by atoms with Crippen molar-refractivity contribution in [2.24, 2.45) is 0 Å². The number of aromatic hydroxyl groups is 1. The second-order valence-electron chi connectivity index (χ2n) is 4.27. The molecule has 0 aromatic heterocycles. The van der Waals surface area contributed by atoms with Gasteiger partial charge in [-0.2, -0.15) is 0 Å². The minimum atomic E-state index is -0.557. The van der Waals surface area contributed by atoms with Crippen molar-refractivity contribution in [3.05, 3.63) is 65.0 Å². The Bertz CT molecular complexity index is 611. The summed E-state index contributed by atoms with van der Waals surface area (Å²) < 4.78 is 13.0. The Morgan fingerprint density at radius 3 is 2.74 bits per heavy atom. The van der Waals surface area contributed by atoms with E-state index in [1.165, 1.54) is 0 Å². The fourth-order valence-corrected chi connectivity index (χ4v) is 1.77. The number of halogens is 1. The molecule has 0 spiro atoms. The minimum absolute atomic E-state index is 0.0615. The fraction of sp³-hybridized carbons (Fsp3) is 0.133. The molecule has 0 unspecified atom stereocenters. The number of aryl methyl sites for hydroxylation is 1. The third-order valence-electron chi connectivity index (χ3n) is 2.90. The third kappa shape index (κ3) is 3.10. The molecule has 19 heavy (non-hydrogen) atoms. The monoisotopic (exact) mass is 259 g/mol. The normalized spacial score (nSPS) is 10.2. The van der Waals surface area contributed by atoms with Gasteiger partial charge in [-0.1, -0.05) is 24.3 Å². The van der Waals surface area contributed by atoms with E-state index >= 15 is 0 Å². The molecule has 0 bridgehead atoms. The Labute approximate surface area is 110 Å². The molecular formula is C15H14FNO2. The quantitative estimate of drug-likeness (QED) is 0.890. The molecule has 2 aromatic carbocycles. The molecule has 3 nitrogen and oxygen atoms in total. The maximum Gasteiger partial charge on any atom is 0.255 e. The van der Waals surface area contributed by atoms with Gasteiger partial charge in [0.2, 0.25) is 0 Å². The molecule has 0 atom stereocenters. The van der Waals surface area contributed by atoms with E-state index in [4.69, 9.17) is 0 Å². The summed E-state index contributed by atoms with van der Waals surface area (Å²) in [6.07, 6.45) is 0. The fourth-order valence-electron chi connectivity index (χ4n) is 1.77. The lowest BCUT2D eigenvalue weighted by atomic mass is 10.1. The van der Waals surface area contributed by atoms with Crippen LogP contribution in [0, 0.1) is 12.7 Å². The number of amides is 1. The van der Waals surface area contributed by atoms with E-state index in [1.807, 2.05) is 31.2 Å². The summed E-state index contributed by atoms with van der Waals surface area (Å²) in [7, 11) is 0. The second-order valence-corrected chi connectivity index (χ2v) is 4.27. The van der Waals surface area contributed by atoms with Gasteiger partial charge in [-0.3, -0.25) is 4.79 Å². The molecule has 0 heterocycles. The number of nitrogens with one attached hydrogen (secondary N) is 1. The molecule has 2 rings (SSSR count). The molecule has 0 radical (unpaired) electrons. The average Bonchev–Trinajstić information content (AvgIpc) is 2.40. The number of carbonyl (C=O) groups excluding carboxylic acids is 1. The lowest BCUT2D eigenvalue weighted by molar-refractivity contribution is 0.0947. The Morgan fingerprint density at radius 1 is 1.26 bits per heavy atom. The predicted octanol–water partition coefficient (Wildman–Crippen LogP) is 2.77. The zero-order chi connectivity index (χ0) is 13.8. The van der Waals surface area contributed by atoms with Crippen LogP contribution in [0.5, 0.6) is 5.75 Å². The van der Waals surface area contributed by atoms with Crippen molar-refractivity contribution in [2.45, 2.75) is 13.5 Å². The average molecular weight is 259 g/mol. The van der Waals surface area contributed by atoms with Crippen LogP contribution in [0.15, 0.2) is 42.5 Å². The number of carbonyl (C=O) groups is 1. The zero-order valence-electron chi connectivity index (χ0n) is 10.5. The third-order valence-corrected chi connectivity index (χ3v) is 2.90. The van der Waals surface area contributed by atoms with Crippen LogP contribution in [0.1, 0.15) is 21.5 Å². The summed E-state index contributed by atoms with van der Waals surface area (Å²) in [5.41, 5.74) is 1.98. The first kappa shape index (κ1) is 13.1. The van der Waals surface area contributed by atoms with E-state index < -0.39 is 11.7 Å². The Hall–Kier alpha value is -2.36. The van der Waals surface area contributed by atoms with Crippen LogP contribution >= 0.6 is 0 Å². The van der Waals surface area contributed by atoms with Crippen LogP contribution in [-0.2, 0) is 6.54 Å². The van der Waals surface area contributed by atoms with Gasteiger partial charge in [0.1, 0.15) is 11.6 Å². The Kier molecular flexibility index (Phi) is 3.80. The molecule has 0 aliphatic carbocycles. The number of rotatable bonds is 3. The highest BCUT2D eigenvalue weighted by Gasteiger charge is 2.12. The molecule has 2 aromatic rings. The van der Waals surface area contributed by atoms with Crippen LogP contribution in [0.4, 0.5) is 4.39 Å². The zero-order valence-corrected chi connectivity index (χ0v) is 10.5. The Balaban J connectivity index is 2.10. The van der Waals surface area contributed by atoms with Crippen molar-refractivity contribution >= 4 is 5.91 Å². The lowest BCUT2D eigenvalue weighted by Gasteiger charge is -2.09. The van der Waals surface area contributed by atoms with Gasteiger partial charge in [0.05, 0.1) is 5.56 Å². The summed E-state index contributed by atoms with van der Waals surface area (Å²) in [4.78, 5) is 11.9. The number of hydrogen-bond acceptors (Lipinski definition) is 2. The first-order valence-electron chi connectivity index (χ1n) is 5.89. The summed E-state index contributed by atoms with van der Waals surface area (Å²) >= 11 is 0. The summed E-state index contributed by atoms with van der Waals surface area (Å²) in [5, 5.41) is 12.2. The number of hydrogen-bond donors (Lipinski definition) is 2. The van der Waals surface area contributed by atoms with Crippen molar-refractivity contribution in [3.63, 3.8) is 0 Å². The highest BCUT2D eigenvalue weighted by atomic mass is 19.1. The first-order valence-corrected chi connectivity index (χ1v) is 5.89. The van der Waals surface area contributed by atoms with E-state index in [0.29, 0.717) is 6.54 Å². The highest BCUT2D eigenvalue weighted by molar-refractivity contribution is 5.96. The maximum absolute atomic E-state index is 13.0. The molecule has 98 valence electrons. The summed E-state index contributed by atoms with van der Waals surface area (Å²) in [5.74, 6) is -1.29. The summed E-state index contributed by atoms with van der Waals surface area (Å²) in [6.45, 7) is 2.28. The number of phenolic OH excluding ortho intramolecular Hbond substituents is 1. The molecule has 1 amide bonds.